The molecule has 1 amide bonds. The van der Waals surface area contributed by atoms with Crippen LogP contribution in [0.15, 0.2) is 134 Å². The van der Waals surface area contributed by atoms with Crippen molar-refractivity contribution in [3.05, 3.63) is 179 Å². The first-order valence-corrected chi connectivity index (χ1v) is 26.7. The Labute approximate surface area is 437 Å². The predicted octanol–water partition coefficient (Wildman–Crippen LogP) is 11.5. The number of hydrogen-bond donors (Lipinski definition) is 2. The van der Waals surface area contributed by atoms with E-state index in [1.54, 1.807) is 23.5 Å². The number of benzene rings is 4. The molecule has 0 radical (unpaired) electrons. The van der Waals surface area contributed by atoms with Crippen molar-refractivity contribution in [1.29, 1.82) is 0 Å². The molecule has 3 aliphatic heterocycles. The predicted molar refractivity (Wildman–Crippen MR) is 283 cm³/mol. The van der Waals surface area contributed by atoms with E-state index in [4.69, 9.17) is 4.98 Å². The second-order valence-corrected chi connectivity index (χ2v) is 22.2. The van der Waals surface area contributed by atoms with Gasteiger partial charge in [0.25, 0.3) is 0 Å². The molecular weight excluding hydrogens is 955 g/mol. The van der Waals surface area contributed by atoms with Gasteiger partial charge >= 0.3 is 0 Å². The van der Waals surface area contributed by atoms with E-state index in [1.807, 2.05) is 103 Å². The Kier molecular flexibility index (Phi) is 14.8. The van der Waals surface area contributed by atoms with Crippen molar-refractivity contribution in [2.24, 2.45) is 41.4 Å². The van der Waals surface area contributed by atoms with E-state index in [0.29, 0.717) is 49.3 Å². The third-order valence-corrected chi connectivity index (χ3v) is 17.9. The van der Waals surface area contributed by atoms with Crippen LogP contribution in [0.5, 0.6) is 0 Å². The minimum atomic E-state index is -1.31. The number of likely N-dealkylation sites (tertiary alicyclic amines) is 1. The van der Waals surface area contributed by atoms with Crippen molar-refractivity contribution in [2.45, 2.75) is 82.8 Å². The Balaban J connectivity index is 0.877. The lowest BCUT2D eigenvalue weighted by Gasteiger charge is -2.48. The first-order valence-electron chi connectivity index (χ1n) is 26.7. The number of carbonyl (C=O) groups is 2. The second kappa shape index (κ2) is 21.3. The first-order chi connectivity index (χ1) is 36.1. The highest BCUT2D eigenvalue weighted by Gasteiger charge is 2.50. The Morgan fingerprint density at radius 3 is 1.80 bits per heavy atom. The molecule has 5 heterocycles. The lowest BCUT2D eigenvalue weighted by atomic mass is 9.70. The van der Waals surface area contributed by atoms with Crippen LogP contribution in [0.2, 0.25) is 0 Å². The van der Waals surface area contributed by atoms with E-state index in [2.05, 4.69) is 18.8 Å². The molecule has 10 rings (SSSR count). The largest absolute Gasteiger partial charge is 0.385 e. The second-order valence-electron chi connectivity index (χ2n) is 22.2. The summed E-state index contributed by atoms with van der Waals surface area (Å²) in [5.74, 6) is -5.80. The zero-order valence-electron chi connectivity index (χ0n) is 43.1. The molecule has 11 atom stereocenters. The van der Waals surface area contributed by atoms with Crippen molar-refractivity contribution in [3.63, 3.8) is 0 Å². The monoisotopic (exact) mass is 1020 g/mol. The Morgan fingerprint density at radius 2 is 1.16 bits per heavy atom. The van der Waals surface area contributed by atoms with Crippen molar-refractivity contribution < 1.29 is 37.4 Å². The number of aromatic nitrogens is 2. The summed E-state index contributed by atoms with van der Waals surface area (Å²) in [4.78, 5) is 44.7. The zero-order valence-corrected chi connectivity index (χ0v) is 43.1. The van der Waals surface area contributed by atoms with Gasteiger partial charge in [-0.15, -0.1) is 0 Å². The molecule has 9 nitrogen and oxygen atoms in total. The highest BCUT2D eigenvalue weighted by molar-refractivity contribution is 5.87. The third-order valence-electron chi connectivity index (χ3n) is 17.9. The summed E-state index contributed by atoms with van der Waals surface area (Å²) in [6.45, 7) is 9.79. The molecule has 1 aliphatic carbocycles. The molecule has 2 aromatic heterocycles. The minimum Gasteiger partial charge on any atom is -0.385 e. The fourth-order valence-corrected chi connectivity index (χ4v) is 13.6. The molecular formula is C62H67F4N5O4. The lowest BCUT2D eigenvalue weighted by molar-refractivity contribution is -0.152. The van der Waals surface area contributed by atoms with Crippen LogP contribution in [0.1, 0.15) is 93.9 Å². The molecule has 3 saturated heterocycles. The van der Waals surface area contributed by atoms with E-state index < -0.39 is 70.0 Å². The average molecular weight is 1020 g/mol. The number of nitrogens with zero attached hydrogens (tertiary/aromatic N) is 5. The van der Waals surface area contributed by atoms with Gasteiger partial charge < -0.3 is 24.9 Å². The van der Waals surface area contributed by atoms with Crippen molar-refractivity contribution >= 4 is 23.2 Å². The Bertz CT molecular complexity index is 2990. The van der Waals surface area contributed by atoms with Crippen LogP contribution in [-0.4, -0.2) is 76.0 Å². The van der Waals surface area contributed by atoms with Gasteiger partial charge in [0.1, 0.15) is 34.9 Å². The van der Waals surface area contributed by atoms with Crippen LogP contribution in [0.4, 0.5) is 29.1 Å². The number of anilines is 2. The van der Waals surface area contributed by atoms with Crippen LogP contribution in [-0.2, 0) is 20.8 Å². The summed E-state index contributed by atoms with van der Waals surface area (Å²) in [6, 6.07) is 32.2. The molecule has 1 saturated carbocycles. The standard InChI is InChI=1S/C62H67F4N5O4/c1-38-11-8-12-43(18-17-39(2)61(38,74)44-13-6-5-7-14-44)58(72)54-36-70(35-52(54)50-25-23-46(63)29-56(50)65)59-49(16-10-28-68-59)42-19-21-45(22-20-42)62(75)40(3)32-71(33-41(62)4)60(73)55-37-69(48-15-9-27-67-31-48)34-53(55)51-26-24-47(64)30-57(51)66/h5-7,9-10,13-16,19-31,38-41,43,52-55,74-75H,8,11-12,17-18,32-37H2,1-4H3/t38-,39+,40-,41+,43?,52+,53+,54-,55-,61+,62+/m1/s1. The molecule has 2 N–H and O–H groups in total. The first kappa shape index (κ1) is 52.0. The molecule has 1 unspecified atom stereocenters. The van der Waals surface area contributed by atoms with E-state index in [9.17, 15) is 23.8 Å². The molecule has 392 valence electrons. The fraction of sp³-hybridized carbons (Fsp3) is 0.419. The molecule has 75 heavy (non-hydrogen) atoms. The SMILES string of the molecule is C[C@@H]1CCCC(C(=O)[C@@H]2CN(c3ncccc3-c3ccc([C@]4(O)[C@H](C)CN(C(=O)[C@@H]5CN(c6cccnc6)C[C@H]5c5ccc(F)cc5F)C[C@@H]4C)cc3)C[C@H]2c2ccc(F)cc2F)CC[C@H](C)[C@]1(O)c1ccccc1. The molecule has 13 heteroatoms. The summed E-state index contributed by atoms with van der Waals surface area (Å²) < 4.78 is 59.8. The van der Waals surface area contributed by atoms with Crippen LogP contribution in [0, 0.1) is 64.7 Å². The molecule has 4 aliphatic rings. The summed E-state index contributed by atoms with van der Waals surface area (Å²) in [5.41, 5.74) is 2.22. The number of piperidine rings is 1. The number of hydrogen-bond acceptors (Lipinski definition) is 8. The van der Waals surface area contributed by atoms with Crippen molar-refractivity contribution in [3.8, 4) is 11.1 Å². The van der Waals surface area contributed by atoms with E-state index in [-0.39, 0.29) is 61.2 Å². The van der Waals surface area contributed by atoms with Crippen LogP contribution < -0.4 is 9.80 Å². The summed E-state index contributed by atoms with van der Waals surface area (Å²) in [6.07, 6.45) is 8.45. The molecule has 4 fully saturated rings. The van der Waals surface area contributed by atoms with Crippen molar-refractivity contribution in [2.75, 3.05) is 49.1 Å². The van der Waals surface area contributed by atoms with Crippen LogP contribution in [0.3, 0.4) is 0 Å². The Morgan fingerprint density at radius 1 is 0.573 bits per heavy atom. The lowest BCUT2D eigenvalue weighted by Crippen LogP contribution is -2.57. The van der Waals surface area contributed by atoms with Gasteiger partial charge in [-0.1, -0.05) is 101 Å². The van der Waals surface area contributed by atoms with Gasteiger partial charge in [0.2, 0.25) is 5.91 Å². The minimum absolute atomic E-state index is 0.0342. The number of aliphatic hydroxyl groups is 2. The van der Waals surface area contributed by atoms with Crippen LogP contribution >= 0.6 is 0 Å². The molecule has 4 aromatic carbocycles. The van der Waals surface area contributed by atoms with Gasteiger partial charge in [0.15, 0.2) is 0 Å². The zero-order chi connectivity index (χ0) is 52.8. The van der Waals surface area contributed by atoms with E-state index in [1.165, 1.54) is 24.3 Å². The van der Waals surface area contributed by atoms with Crippen LogP contribution in [0.25, 0.3) is 11.1 Å². The number of pyridine rings is 2. The number of halogens is 4. The molecule has 6 aromatic rings. The van der Waals surface area contributed by atoms with Gasteiger partial charge in [-0.25, -0.2) is 22.5 Å². The summed E-state index contributed by atoms with van der Waals surface area (Å²) >= 11 is 0. The van der Waals surface area contributed by atoms with Gasteiger partial charge in [0, 0.05) is 105 Å². The summed E-state index contributed by atoms with van der Waals surface area (Å²) in [5, 5.41) is 25.0. The number of amides is 1. The number of ketones is 1. The maximum atomic E-state index is 15.9. The molecule has 0 spiro atoms. The quantitative estimate of drug-likeness (QED) is 0.131. The molecule has 0 bridgehead atoms. The van der Waals surface area contributed by atoms with Gasteiger partial charge in [-0.2, -0.15) is 0 Å². The highest BCUT2D eigenvalue weighted by atomic mass is 19.1. The topological polar surface area (TPSA) is 110 Å². The van der Waals surface area contributed by atoms with E-state index in [0.717, 1.165) is 47.4 Å². The number of Topliss-reactive ketones (excluding diaryl/α,β-unsaturated/α-hetero) is 1. The maximum Gasteiger partial charge on any atom is 0.228 e. The average Bonchev–Trinajstić information content (AvgIpc) is 4.08. The Hall–Kier alpha value is -6.44. The number of carbonyl (C=O) groups excluding carboxylic acids is 2. The van der Waals surface area contributed by atoms with Gasteiger partial charge in [0.05, 0.1) is 29.0 Å². The maximum absolute atomic E-state index is 15.9. The van der Waals surface area contributed by atoms with Gasteiger partial charge in [-0.05, 0) is 102 Å². The van der Waals surface area contributed by atoms with E-state index >= 15 is 13.6 Å². The normalized spacial score (nSPS) is 29.4. The fourth-order valence-electron chi connectivity index (χ4n) is 13.6. The number of rotatable bonds is 10. The third kappa shape index (κ3) is 9.87. The summed E-state index contributed by atoms with van der Waals surface area (Å²) in [7, 11) is 0. The smallest absolute Gasteiger partial charge is 0.228 e. The highest BCUT2D eigenvalue weighted by Crippen LogP contribution is 2.48. The van der Waals surface area contributed by atoms with Crippen molar-refractivity contribution in [1.82, 2.24) is 14.9 Å². The van der Waals surface area contributed by atoms with Gasteiger partial charge in [-0.3, -0.25) is 14.6 Å².